The molecule has 0 saturated heterocycles. The van der Waals surface area contributed by atoms with Gasteiger partial charge in [0.2, 0.25) is 0 Å². The van der Waals surface area contributed by atoms with Gasteiger partial charge in [-0.15, -0.1) is 0 Å². The van der Waals surface area contributed by atoms with E-state index in [1.807, 2.05) is 62.4 Å². The first-order valence-electron chi connectivity index (χ1n) is 13.2. The maximum absolute atomic E-state index is 14.3. The number of carbonyl (C=O) groups excluding carboxylic acids is 1. The maximum Gasteiger partial charge on any atom is 0.336 e. The lowest BCUT2D eigenvalue weighted by molar-refractivity contribution is 0.0697. The van der Waals surface area contributed by atoms with Gasteiger partial charge in [-0.05, 0) is 80.3 Å². The highest BCUT2D eigenvalue weighted by molar-refractivity contribution is 5.99. The number of fused-ring (bicyclic) bond motifs is 1. The van der Waals surface area contributed by atoms with E-state index in [1.54, 1.807) is 37.3 Å². The summed E-state index contributed by atoms with van der Waals surface area (Å²) in [6, 6.07) is 25.0. The largest absolute Gasteiger partial charge is 0.478 e. The number of aryl methyl sites for hydroxylation is 2. The number of benzene rings is 4. The molecule has 2 N–H and O–H groups in total. The Bertz CT molecular complexity index is 1750. The third kappa shape index (κ3) is 5.13. The summed E-state index contributed by atoms with van der Waals surface area (Å²) < 4.78 is 16.6. The van der Waals surface area contributed by atoms with Gasteiger partial charge in [0.15, 0.2) is 0 Å². The fraction of sp³-hybridized carbons (Fsp3) is 0.176. The molecule has 4 aromatic carbocycles. The lowest BCUT2D eigenvalue weighted by Crippen LogP contribution is -2.27. The second kappa shape index (κ2) is 10.8. The van der Waals surface area contributed by atoms with Crippen molar-refractivity contribution >= 4 is 22.8 Å². The van der Waals surface area contributed by atoms with E-state index in [-0.39, 0.29) is 17.3 Å². The quantitative estimate of drug-likeness (QED) is 0.226. The van der Waals surface area contributed by atoms with Crippen LogP contribution >= 0.6 is 0 Å². The van der Waals surface area contributed by atoms with Crippen LogP contribution in [0.25, 0.3) is 22.0 Å². The molecule has 5 nitrogen and oxygen atoms in total. The average molecular weight is 535 g/mol. The Hall–Kier alpha value is -4.71. The number of nitrogens with one attached hydrogen (secondary N) is 1. The molecule has 0 bridgehead atoms. The Morgan fingerprint density at radius 2 is 1.65 bits per heavy atom. The van der Waals surface area contributed by atoms with E-state index < -0.39 is 12.0 Å². The third-order valence-corrected chi connectivity index (χ3v) is 7.63. The van der Waals surface area contributed by atoms with E-state index in [9.17, 15) is 19.1 Å². The summed E-state index contributed by atoms with van der Waals surface area (Å²) in [7, 11) is 0. The molecule has 202 valence electrons. The van der Waals surface area contributed by atoms with Crippen LogP contribution in [0.4, 0.5) is 4.39 Å². The van der Waals surface area contributed by atoms with Crippen molar-refractivity contribution in [1.82, 2.24) is 9.88 Å². The molecular formula is C34H31FN2O3. The van der Waals surface area contributed by atoms with E-state index in [0.717, 1.165) is 38.9 Å². The molecule has 0 unspecified atom stereocenters. The van der Waals surface area contributed by atoms with Crippen molar-refractivity contribution in [3.63, 3.8) is 0 Å². The van der Waals surface area contributed by atoms with Crippen LogP contribution < -0.4 is 5.32 Å². The van der Waals surface area contributed by atoms with E-state index in [0.29, 0.717) is 23.2 Å². The summed E-state index contributed by atoms with van der Waals surface area (Å²) in [6.45, 7) is 8.42. The highest BCUT2D eigenvalue weighted by Crippen LogP contribution is 2.29. The molecule has 0 radical (unpaired) electrons. The zero-order chi connectivity index (χ0) is 28.6. The molecule has 1 atom stereocenters. The molecule has 0 fully saturated rings. The summed E-state index contributed by atoms with van der Waals surface area (Å²) in [5.41, 5.74) is 8.02. The van der Waals surface area contributed by atoms with Crippen molar-refractivity contribution in [1.29, 1.82) is 0 Å². The molecule has 0 aliphatic rings. The minimum Gasteiger partial charge on any atom is -0.478 e. The topological polar surface area (TPSA) is 71.3 Å². The van der Waals surface area contributed by atoms with Crippen LogP contribution in [-0.4, -0.2) is 21.6 Å². The van der Waals surface area contributed by atoms with Crippen LogP contribution in [0.3, 0.4) is 0 Å². The SMILES string of the molecule is Cc1ccc(F)c([C@H](C)NC(=O)c2ccc3c(c2)c(C)c(C)n3Cc2ccc(-c3ccccc3C(=O)O)cc2)c1. The number of rotatable bonds is 7. The monoisotopic (exact) mass is 534 g/mol. The van der Waals surface area contributed by atoms with Crippen LogP contribution in [0, 0.1) is 26.6 Å². The van der Waals surface area contributed by atoms with E-state index in [2.05, 4.69) is 16.8 Å². The first-order valence-corrected chi connectivity index (χ1v) is 13.2. The molecule has 6 heteroatoms. The van der Waals surface area contributed by atoms with Crippen molar-refractivity contribution < 1.29 is 19.1 Å². The van der Waals surface area contributed by atoms with Gasteiger partial charge in [-0.3, -0.25) is 4.79 Å². The Labute approximate surface area is 232 Å². The Morgan fingerprint density at radius 1 is 0.925 bits per heavy atom. The summed E-state index contributed by atoms with van der Waals surface area (Å²) in [4.78, 5) is 24.7. The molecule has 5 aromatic rings. The van der Waals surface area contributed by atoms with Crippen molar-refractivity contribution in [2.24, 2.45) is 0 Å². The summed E-state index contributed by atoms with van der Waals surface area (Å²) in [5.74, 6) is -1.54. The van der Waals surface area contributed by atoms with Gasteiger partial charge in [0, 0.05) is 34.3 Å². The van der Waals surface area contributed by atoms with Gasteiger partial charge in [-0.1, -0.05) is 60.2 Å². The number of carbonyl (C=O) groups is 2. The smallest absolute Gasteiger partial charge is 0.336 e. The van der Waals surface area contributed by atoms with Crippen LogP contribution in [0.15, 0.2) is 84.9 Å². The lowest BCUT2D eigenvalue weighted by atomic mass is 9.99. The zero-order valence-electron chi connectivity index (χ0n) is 23.0. The highest BCUT2D eigenvalue weighted by Gasteiger charge is 2.18. The molecule has 1 aromatic heterocycles. The predicted molar refractivity (Wildman–Crippen MR) is 156 cm³/mol. The molecular weight excluding hydrogens is 503 g/mol. The van der Waals surface area contributed by atoms with Crippen LogP contribution in [-0.2, 0) is 6.54 Å². The van der Waals surface area contributed by atoms with Gasteiger partial charge in [0.1, 0.15) is 5.82 Å². The van der Waals surface area contributed by atoms with E-state index >= 15 is 0 Å². The minimum atomic E-state index is -0.950. The third-order valence-electron chi connectivity index (χ3n) is 7.63. The Kier molecular flexibility index (Phi) is 7.26. The predicted octanol–water partition coefficient (Wildman–Crippen LogP) is 7.61. The summed E-state index contributed by atoms with van der Waals surface area (Å²) >= 11 is 0. The normalized spacial score (nSPS) is 11.9. The highest BCUT2D eigenvalue weighted by atomic mass is 19.1. The van der Waals surface area contributed by atoms with Gasteiger partial charge >= 0.3 is 5.97 Å². The number of carboxylic acid groups (broad SMARTS) is 1. The van der Waals surface area contributed by atoms with Crippen LogP contribution in [0.1, 0.15) is 61.6 Å². The standard InChI is InChI=1S/C34H31FN2O3/c1-20-9-15-31(35)30(17-20)22(3)36-33(38)26-14-16-32-29(18-26)21(2)23(4)37(32)19-24-10-12-25(13-11-24)27-7-5-6-8-28(27)34(39)40/h5-18,22H,19H2,1-4H3,(H,36,38)(H,39,40)/t22-/m0/s1. The average Bonchev–Trinajstić information content (AvgIpc) is 3.18. The zero-order valence-corrected chi connectivity index (χ0v) is 23.0. The molecule has 1 heterocycles. The van der Waals surface area contributed by atoms with Crippen LogP contribution in [0.5, 0.6) is 0 Å². The van der Waals surface area contributed by atoms with Crippen molar-refractivity contribution in [2.75, 3.05) is 0 Å². The minimum absolute atomic E-state index is 0.252. The van der Waals surface area contributed by atoms with Gasteiger partial charge < -0.3 is 15.0 Å². The molecule has 0 aliphatic heterocycles. The first-order chi connectivity index (χ1) is 19.1. The molecule has 5 rings (SSSR count). The summed E-state index contributed by atoms with van der Waals surface area (Å²) in [6.07, 6.45) is 0. The van der Waals surface area contributed by atoms with Crippen LogP contribution in [0.2, 0.25) is 0 Å². The van der Waals surface area contributed by atoms with Crippen molar-refractivity contribution in [3.05, 3.63) is 130 Å². The number of amides is 1. The Morgan fingerprint density at radius 3 is 2.38 bits per heavy atom. The number of hydrogen-bond acceptors (Lipinski definition) is 2. The number of aromatic carboxylic acids is 1. The molecule has 0 saturated carbocycles. The fourth-order valence-corrected chi connectivity index (χ4v) is 5.24. The molecule has 1 amide bonds. The second-order valence-electron chi connectivity index (χ2n) is 10.3. The number of aromatic nitrogens is 1. The second-order valence-corrected chi connectivity index (χ2v) is 10.3. The first kappa shape index (κ1) is 26.9. The van der Waals surface area contributed by atoms with Gasteiger partial charge in [0.25, 0.3) is 5.91 Å². The van der Waals surface area contributed by atoms with Gasteiger partial charge in [0.05, 0.1) is 11.6 Å². The van der Waals surface area contributed by atoms with E-state index in [4.69, 9.17) is 0 Å². The summed E-state index contributed by atoms with van der Waals surface area (Å²) in [5, 5.41) is 13.5. The van der Waals surface area contributed by atoms with Crippen molar-refractivity contribution in [3.8, 4) is 11.1 Å². The number of carboxylic acids is 1. The molecule has 0 spiro atoms. The van der Waals surface area contributed by atoms with E-state index in [1.165, 1.54) is 6.07 Å². The molecule has 40 heavy (non-hydrogen) atoms. The Balaban J connectivity index is 1.39. The lowest BCUT2D eigenvalue weighted by Gasteiger charge is -2.16. The van der Waals surface area contributed by atoms with Gasteiger partial charge in [-0.2, -0.15) is 0 Å². The van der Waals surface area contributed by atoms with Crippen molar-refractivity contribution in [2.45, 2.75) is 40.3 Å². The molecule has 0 aliphatic carbocycles. The number of nitrogens with zero attached hydrogens (tertiary/aromatic N) is 1. The number of hydrogen-bond donors (Lipinski definition) is 2. The van der Waals surface area contributed by atoms with Gasteiger partial charge in [-0.25, -0.2) is 9.18 Å². The fourth-order valence-electron chi connectivity index (χ4n) is 5.24. The number of halogens is 1. The maximum atomic E-state index is 14.3.